The van der Waals surface area contributed by atoms with Crippen LogP contribution in [-0.4, -0.2) is 60.9 Å². The van der Waals surface area contributed by atoms with Gasteiger partial charge in [0, 0.05) is 38.1 Å². The van der Waals surface area contributed by atoms with Crippen molar-refractivity contribution in [2.45, 2.75) is 57.2 Å². The maximum absolute atomic E-state index is 13.2. The Hall–Kier alpha value is -3.28. The first kappa shape index (κ1) is 32.7. The molecule has 2 fully saturated rings. The summed E-state index contributed by atoms with van der Waals surface area (Å²) >= 11 is 1.07. The van der Waals surface area contributed by atoms with Crippen LogP contribution < -0.4 is 4.90 Å². The number of nitrogens with zero attached hydrogens (tertiary/aromatic N) is 3. The molecule has 3 heterocycles. The first-order valence-electron chi connectivity index (χ1n) is 15.9. The predicted molar refractivity (Wildman–Crippen MR) is 174 cm³/mol. The van der Waals surface area contributed by atoms with Crippen LogP contribution in [0, 0.1) is 5.92 Å². The van der Waals surface area contributed by atoms with E-state index in [-0.39, 0.29) is 24.2 Å². The van der Waals surface area contributed by atoms with Crippen molar-refractivity contribution in [3.05, 3.63) is 119 Å². The second kappa shape index (κ2) is 15.5. The summed E-state index contributed by atoms with van der Waals surface area (Å²) in [5.41, 5.74) is 2.45. The Labute approximate surface area is 272 Å². The monoisotopic (exact) mass is 651 g/mol. The van der Waals surface area contributed by atoms with Gasteiger partial charge in [0.15, 0.2) is 10.8 Å². The zero-order valence-corrected chi connectivity index (χ0v) is 26.5. The van der Waals surface area contributed by atoms with E-state index in [4.69, 9.17) is 14.2 Å². The lowest BCUT2D eigenvalue weighted by atomic mass is 9.94. The zero-order valence-electron chi connectivity index (χ0n) is 25.7. The number of piperidine rings is 2. The summed E-state index contributed by atoms with van der Waals surface area (Å²) in [4.78, 5) is 8.33. The third kappa shape index (κ3) is 8.95. The van der Waals surface area contributed by atoms with E-state index in [2.05, 4.69) is 46.3 Å². The number of aromatic nitrogens is 1. The summed E-state index contributed by atoms with van der Waals surface area (Å²) < 4.78 is 59.6. The number of thiazole rings is 1. The minimum Gasteiger partial charge on any atom is -0.369 e. The first-order chi connectivity index (χ1) is 22.4. The molecule has 3 aromatic carbocycles. The average Bonchev–Trinajstić information content (AvgIpc) is 3.59. The van der Waals surface area contributed by atoms with E-state index in [9.17, 15) is 13.2 Å². The summed E-state index contributed by atoms with van der Waals surface area (Å²) in [6.07, 6.45) is -3.30. The minimum atomic E-state index is -4.43. The van der Waals surface area contributed by atoms with Crippen LogP contribution in [0.15, 0.2) is 96.4 Å². The summed E-state index contributed by atoms with van der Waals surface area (Å²) in [6.45, 7) is 4.87. The second-order valence-corrected chi connectivity index (χ2v) is 13.0. The van der Waals surface area contributed by atoms with Crippen LogP contribution in [0.1, 0.15) is 35.2 Å². The molecule has 4 atom stereocenters. The highest BCUT2D eigenvalue weighted by Crippen LogP contribution is 2.35. The number of halogens is 3. The van der Waals surface area contributed by atoms with Crippen LogP contribution in [-0.2, 0) is 40.2 Å². The van der Waals surface area contributed by atoms with Gasteiger partial charge in [0.1, 0.15) is 6.10 Å². The number of anilines is 1. The number of benzene rings is 3. The normalized spacial score (nSPS) is 22.6. The Morgan fingerprint density at radius 2 is 1.24 bits per heavy atom. The highest BCUT2D eigenvalue weighted by molar-refractivity contribution is 7.13. The van der Waals surface area contributed by atoms with Crippen LogP contribution in [0.2, 0.25) is 0 Å². The molecule has 0 radical (unpaired) electrons. The van der Waals surface area contributed by atoms with E-state index < -0.39 is 11.9 Å². The molecule has 2 aliphatic rings. The Morgan fingerprint density at radius 1 is 0.717 bits per heavy atom. The van der Waals surface area contributed by atoms with Crippen LogP contribution in [0.25, 0.3) is 0 Å². The van der Waals surface area contributed by atoms with Crippen molar-refractivity contribution in [3.8, 4) is 0 Å². The van der Waals surface area contributed by atoms with Gasteiger partial charge in [-0.2, -0.15) is 13.2 Å². The third-order valence-electron chi connectivity index (χ3n) is 8.60. The van der Waals surface area contributed by atoms with E-state index in [0.29, 0.717) is 51.1 Å². The van der Waals surface area contributed by atoms with Crippen molar-refractivity contribution in [1.82, 2.24) is 9.88 Å². The SMILES string of the molecule is FC(F)(F)c1csc(N2CCCC(CN3C[C@H](OCc4ccccc4)C(OCc4ccccc4)[C@H](OCc4ccccc4)C3)C2)n1. The molecule has 0 bridgehead atoms. The zero-order chi connectivity index (χ0) is 31.8. The quantitative estimate of drug-likeness (QED) is 0.159. The molecule has 2 aliphatic heterocycles. The fraction of sp³-hybridized carbons (Fsp3) is 0.417. The first-order valence-corrected chi connectivity index (χ1v) is 16.8. The average molecular weight is 652 g/mol. The van der Waals surface area contributed by atoms with Gasteiger partial charge in [-0.15, -0.1) is 11.3 Å². The molecule has 6 rings (SSSR count). The third-order valence-corrected chi connectivity index (χ3v) is 9.50. The van der Waals surface area contributed by atoms with Crippen LogP contribution in [0.5, 0.6) is 0 Å². The Balaban J connectivity index is 1.18. The molecule has 0 amide bonds. The highest BCUT2D eigenvalue weighted by Gasteiger charge is 2.41. The standard InChI is InChI=1S/C36H40F3N3O3S/c37-36(38,39)33-26-46-35(40-33)42-18-10-17-30(20-42)19-41-21-31(43-23-27-11-4-1-5-12-27)34(45-25-29-15-8-3-9-16-29)32(22-41)44-24-28-13-6-2-7-14-28/h1-9,11-16,26,30-32,34H,10,17-25H2/t30?,31-,32+,34?. The molecule has 46 heavy (non-hydrogen) atoms. The number of likely N-dealkylation sites (tertiary alicyclic amines) is 1. The molecule has 0 spiro atoms. The summed E-state index contributed by atoms with van der Waals surface area (Å²) in [6, 6.07) is 30.4. The maximum atomic E-state index is 13.2. The van der Waals surface area contributed by atoms with Crippen molar-refractivity contribution in [2.75, 3.05) is 37.6 Å². The van der Waals surface area contributed by atoms with Gasteiger partial charge in [-0.25, -0.2) is 4.98 Å². The van der Waals surface area contributed by atoms with Crippen molar-refractivity contribution in [1.29, 1.82) is 0 Å². The van der Waals surface area contributed by atoms with E-state index in [1.807, 2.05) is 59.5 Å². The lowest BCUT2D eigenvalue weighted by molar-refractivity contribution is -0.185. The number of rotatable bonds is 12. The Kier molecular flexibility index (Phi) is 11.0. The molecule has 4 aromatic rings. The molecular formula is C36H40F3N3O3S. The van der Waals surface area contributed by atoms with Crippen LogP contribution in [0.3, 0.4) is 0 Å². The van der Waals surface area contributed by atoms with E-state index in [0.717, 1.165) is 52.8 Å². The van der Waals surface area contributed by atoms with Gasteiger partial charge < -0.3 is 19.1 Å². The van der Waals surface area contributed by atoms with Crippen LogP contribution in [0.4, 0.5) is 18.3 Å². The number of hydrogen-bond donors (Lipinski definition) is 0. The maximum Gasteiger partial charge on any atom is 0.434 e. The lowest BCUT2D eigenvalue weighted by Crippen LogP contribution is -2.59. The predicted octanol–water partition coefficient (Wildman–Crippen LogP) is 7.45. The van der Waals surface area contributed by atoms with Gasteiger partial charge in [-0.3, -0.25) is 4.90 Å². The topological polar surface area (TPSA) is 47.1 Å². The minimum absolute atomic E-state index is 0.244. The Bertz CT molecular complexity index is 1420. The van der Waals surface area contributed by atoms with E-state index >= 15 is 0 Å². The van der Waals surface area contributed by atoms with Gasteiger partial charge in [-0.05, 0) is 35.4 Å². The van der Waals surface area contributed by atoms with Crippen molar-refractivity contribution in [3.63, 3.8) is 0 Å². The van der Waals surface area contributed by atoms with Gasteiger partial charge in [0.2, 0.25) is 0 Å². The van der Waals surface area contributed by atoms with Gasteiger partial charge in [0.25, 0.3) is 0 Å². The molecule has 1 aromatic heterocycles. The molecule has 0 saturated carbocycles. The van der Waals surface area contributed by atoms with Crippen molar-refractivity contribution < 1.29 is 27.4 Å². The molecule has 10 heteroatoms. The van der Waals surface area contributed by atoms with Gasteiger partial charge >= 0.3 is 6.18 Å². The Morgan fingerprint density at radius 3 is 1.74 bits per heavy atom. The fourth-order valence-corrected chi connectivity index (χ4v) is 7.17. The molecule has 244 valence electrons. The molecule has 2 saturated heterocycles. The van der Waals surface area contributed by atoms with E-state index in [1.165, 1.54) is 0 Å². The molecule has 0 aliphatic carbocycles. The molecular weight excluding hydrogens is 611 g/mol. The van der Waals surface area contributed by atoms with Crippen LogP contribution >= 0.6 is 11.3 Å². The molecule has 2 unspecified atom stereocenters. The smallest absolute Gasteiger partial charge is 0.369 e. The van der Waals surface area contributed by atoms with E-state index in [1.54, 1.807) is 0 Å². The van der Waals surface area contributed by atoms with Crippen molar-refractivity contribution in [2.24, 2.45) is 5.92 Å². The number of alkyl halides is 3. The number of hydrogen-bond acceptors (Lipinski definition) is 7. The molecule has 0 N–H and O–H groups in total. The summed E-state index contributed by atoms with van der Waals surface area (Å²) in [5.74, 6) is 0.276. The fourth-order valence-electron chi connectivity index (χ4n) is 6.30. The number of ether oxygens (including phenoxy) is 3. The largest absolute Gasteiger partial charge is 0.434 e. The second-order valence-electron chi connectivity index (χ2n) is 12.1. The van der Waals surface area contributed by atoms with Gasteiger partial charge in [-0.1, -0.05) is 91.0 Å². The highest BCUT2D eigenvalue weighted by atomic mass is 32.1. The van der Waals surface area contributed by atoms with Crippen molar-refractivity contribution >= 4 is 16.5 Å². The summed E-state index contributed by atoms with van der Waals surface area (Å²) in [7, 11) is 0. The lowest BCUT2D eigenvalue weighted by Gasteiger charge is -2.45. The van der Waals surface area contributed by atoms with Gasteiger partial charge in [0.05, 0.1) is 32.0 Å². The summed E-state index contributed by atoms with van der Waals surface area (Å²) in [5, 5.41) is 1.56. The molecule has 6 nitrogen and oxygen atoms in total.